The minimum atomic E-state index is -1.36. The Morgan fingerprint density at radius 2 is 1.55 bits per heavy atom. The summed E-state index contributed by atoms with van der Waals surface area (Å²) in [6.45, 7) is 2.40. The molecule has 0 radical (unpaired) electrons. The highest BCUT2D eigenvalue weighted by atomic mass is 32.2. The molecular formula is C41H40N6O9S2. The molecule has 1 saturated carbocycles. The number of benzene rings is 3. The van der Waals surface area contributed by atoms with Crippen LogP contribution >= 0.6 is 23.1 Å². The molecule has 2 fully saturated rings. The van der Waals surface area contributed by atoms with Crippen LogP contribution in [0.4, 0.5) is 9.93 Å². The van der Waals surface area contributed by atoms with Gasteiger partial charge >= 0.3 is 18.0 Å². The average Bonchev–Trinajstić information content (AvgIpc) is 3.94. The van der Waals surface area contributed by atoms with E-state index in [1.807, 2.05) is 91.0 Å². The number of carbonyl (C=O) groups excluding carboxylic acids is 5. The molecule has 300 valence electrons. The lowest BCUT2D eigenvalue weighted by atomic mass is 9.77. The van der Waals surface area contributed by atoms with Crippen molar-refractivity contribution in [3.05, 3.63) is 130 Å². The molecule has 1 saturated heterocycles. The first-order chi connectivity index (χ1) is 28.0. The number of nitrogens with two attached hydrogens (primary N) is 1. The Morgan fingerprint density at radius 1 is 0.948 bits per heavy atom. The molecule has 4 N–H and O–H groups in total. The molecule has 4 aromatic rings. The number of amides is 3. The van der Waals surface area contributed by atoms with Gasteiger partial charge in [-0.05, 0) is 40.9 Å². The lowest BCUT2D eigenvalue weighted by Crippen LogP contribution is -2.74. The Morgan fingerprint density at radius 3 is 2.10 bits per heavy atom. The van der Waals surface area contributed by atoms with Crippen LogP contribution in [0.2, 0.25) is 0 Å². The third kappa shape index (κ3) is 8.69. The molecule has 58 heavy (non-hydrogen) atoms. The molecule has 4 atom stereocenters. The van der Waals surface area contributed by atoms with Crippen LogP contribution in [0.3, 0.4) is 0 Å². The summed E-state index contributed by atoms with van der Waals surface area (Å²) in [5.41, 5.74) is 7.44. The predicted octanol–water partition coefficient (Wildman–Crippen LogP) is 4.88. The van der Waals surface area contributed by atoms with Gasteiger partial charge in [0, 0.05) is 24.8 Å². The van der Waals surface area contributed by atoms with Crippen LogP contribution < -0.4 is 16.4 Å². The van der Waals surface area contributed by atoms with E-state index in [0.29, 0.717) is 17.7 Å². The number of nitrogens with one attached hydrogen (secondary N) is 2. The fourth-order valence-electron chi connectivity index (χ4n) is 6.74. The van der Waals surface area contributed by atoms with Gasteiger partial charge in [0.15, 0.2) is 16.9 Å². The number of thioether (sulfide) groups is 1. The average molecular weight is 825 g/mol. The van der Waals surface area contributed by atoms with Gasteiger partial charge in [-0.1, -0.05) is 96.2 Å². The number of β-lactam (4-membered cyclic amide) rings is 1. The maximum atomic E-state index is 14.1. The van der Waals surface area contributed by atoms with Crippen molar-refractivity contribution in [3.63, 3.8) is 0 Å². The van der Waals surface area contributed by atoms with Crippen molar-refractivity contribution < 1.29 is 43.0 Å². The summed E-state index contributed by atoms with van der Waals surface area (Å²) in [5, 5.41) is 13.7. The second kappa shape index (κ2) is 17.5. The number of esters is 2. The largest absolute Gasteiger partial charge is 0.445 e. The molecule has 2 aliphatic heterocycles. The number of carbonyl (C=O) groups is 5. The summed E-state index contributed by atoms with van der Waals surface area (Å²) in [6, 6.07) is 27.5. The fraction of sp³-hybridized carbons (Fsp3) is 0.293. The molecule has 3 amide bonds. The predicted molar refractivity (Wildman–Crippen MR) is 215 cm³/mol. The van der Waals surface area contributed by atoms with Crippen molar-refractivity contribution in [1.82, 2.24) is 15.2 Å². The first-order valence-electron chi connectivity index (χ1n) is 18.4. The van der Waals surface area contributed by atoms with E-state index in [9.17, 15) is 24.0 Å². The van der Waals surface area contributed by atoms with Gasteiger partial charge in [-0.15, -0.1) is 23.1 Å². The van der Waals surface area contributed by atoms with E-state index < -0.39 is 65.7 Å². The second-order valence-corrected chi connectivity index (χ2v) is 15.6. The zero-order valence-corrected chi connectivity index (χ0v) is 33.1. The van der Waals surface area contributed by atoms with Gasteiger partial charge in [0.2, 0.25) is 12.2 Å². The summed E-state index contributed by atoms with van der Waals surface area (Å²) < 4.78 is 15.2. The van der Waals surface area contributed by atoms with Crippen molar-refractivity contribution >= 4 is 63.8 Å². The number of nitrogens with zero attached hydrogens (tertiary/aromatic N) is 3. The zero-order valence-electron chi connectivity index (χ0n) is 31.4. The van der Waals surface area contributed by atoms with Gasteiger partial charge in [0.1, 0.15) is 35.9 Å². The number of hydrogen-bond donors (Lipinski definition) is 3. The summed E-state index contributed by atoms with van der Waals surface area (Å²) in [6.07, 6.45) is -0.364. The Hall–Kier alpha value is -6.20. The SMILES string of the molecule is CC(=O)OC(C)OC(=O)C1C(COC(N)=O)=CS[C@@H]2[C@H](NC(=O)/C(=N/OCC3CC3)c3csc(NC(c4ccccc4)(c4ccccc4)c4ccccc4)n3)C(=O)N12. The molecule has 0 spiro atoms. The number of ether oxygens (including phenoxy) is 3. The Bertz CT molecular complexity index is 2120. The van der Waals surface area contributed by atoms with Gasteiger partial charge in [-0.25, -0.2) is 14.6 Å². The molecule has 0 bridgehead atoms. The van der Waals surface area contributed by atoms with Crippen molar-refractivity contribution in [1.29, 1.82) is 0 Å². The van der Waals surface area contributed by atoms with Gasteiger partial charge < -0.3 is 40.3 Å². The lowest BCUT2D eigenvalue weighted by Gasteiger charge is -2.51. The van der Waals surface area contributed by atoms with E-state index >= 15 is 0 Å². The summed E-state index contributed by atoms with van der Waals surface area (Å²) in [4.78, 5) is 75.9. The summed E-state index contributed by atoms with van der Waals surface area (Å²) in [5.74, 6) is -2.62. The number of primary amides is 1. The topological polar surface area (TPSA) is 201 Å². The maximum absolute atomic E-state index is 14.1. The Kier molecular flexibility index (Phi) is 12.1. The molecule has 1 aliphatic carbocycles. The van der Waals surface area contributed by atoms with Crippen LogP contribution in [0, 0.1) is 5.92 Å². The molecule has 7 rings (SSSR count). The normalized spacial score (nSPS) is 19.4. The van der Waals surface area contributed by atoms with E-state index in [0.717, 1.165) is 48.2 Å². The highest BCUT2D eigenvalue weighted by Crippen LogP contribution is 2.42. The number of hydrogen-bond acceptors (Lipinski definition) is 14. The van der Waals surface area contributed by atoms with E-state index in [1.54, 1.807) is 10.8 Å². The van der Waals surface area contributed by atoms with Gasteiger partial charge in [0.05, 0.1) is 0 Å². The Balaban J connectivity index is 1.16. The quantitative estimate of drug-likeness (QED) is 0.0346. The van der Waals surface area contributed by atoms with Crippen molar-refractivity contribution in [2.75, 3.05) is 18.5 Å². The van der Waals surface area contributed by atoms with E-state index in [1.165, 1.54) is 23.2 Å². The van der Waals surface area contributed by atoms with Gasteiger partial charge in [-0.3, -0.25) is 14.4 Å². The molecule has 3 aliphatic rings. The van der Waals surface area contributed by atoms with E-state index in [4.69, 9.17) is 29.8 Å². The third-order valence-electron chi connectivity index (χ3n) is 9.61. The Labute approximate surface area is 341 Å². The molecule has 15 nitrogen and oxygen atoms in total. The number of fused-ring (bicyclic) bond motifs is 1. The minimum Gasteiger partial charge on any atom is -0.445 e. The van der Waals surface area contributed by atoms with Crippen LogP contribution in [0.25, 0.3) is 0 Å². The molecular weight excluding hydrogens is 785 g/mol. The monoisotopic (exact) mass is 824 g/mol. The van der Waals surface area contributed by atoms with Crippen LogP contribution in [-0.2, 0) is 43.8 Å². The van der Waals surface area contributed by atoms with Crippen LogP contribution in [0.1, 0.15) is 49.1 Å². The minimum absolute atomic E-state index is 0.140. The molecule has 1 aromatic heterocycles. The van der Waals surface area contributed by atoms with Crippen LogP contribution in [0.5, 0.6) is 0 Å². The van der Waals surface area contributed by atoms with Crippen molar-refractivity contribution in [2.24, 2.45) is 16.8 Å². The highest BCUT2D eigenvalue weighted by molar-refractivity contribution is 8.03. The summed E-state index contributed by atoms with van der Waals surface area (Å²) >= 11 is 2.41. The number of oxime groups is 1. The first-order valence-corrected chi connectivity index (χ1v) is 20.3. The molecule has 2 unspecified atom stereocenters. The fourth-order valence-corrected chi connectivity index (χ4v) is 8.70. The zero-order chi connectivity index (χ0) is 40.8. The standard InChI is InChI=1S/C41H40N6O9S2/c1-24(48)55-25(2)56-38(51)34-27(21-53-39(42)52)22-57-37-33(36(50)47(34)37)44-35(49)32(46-54-20-26-18-19-26)31-23-58-40(43-31)45-41(28-12-6-3-7-13-28,29-14-8-4-9-15-29)30-16-10-5-11-17-30/h3-17,22-23,25-26,33-34,37H,18-21H2,1-2H3,(H2,42,52)(H,43,45)(H,44,49)/b46-32+/t25?,33-,34?,37-/m1/s1. The number of thiazole rings is 1. The first kappa shape index (κ1) is 40.0. The van der Waals surface area contributed by atoms with Gasteiger partial charge in [-0.2, -0.15) is 0 Å². The van der Waals surface area contributed by atoms with Crippen molar-refractivity contribution in [3.8, 4) is 0 Å². The van der Waals surface area contributed by atoms with E-state index in [-0.39, 0.29) is 17.0 Å². The molecule has 3 aromatic carbocycles. The maximum Gasteiger partial charge on any atom is 0.404 e. The lowest BCUT2D eigenvalue weighted by molar-refractivity contribution is -0.189. The van der Waals surface area contributed by atoms with Crippen LogP contribution in [0.15, 0.2) is 113 Å². The highest BCUT2D eigenvalue weighted by Gasteiger charge is 2.57. The number of aromatic nitrogens is 1. The molecule has 3 heterocycles. The smallest absolute Gasteiger partial charge is 0.404 e. The van der Waals surface area contributed by atoms with Crippen molar-refractivity contribution in [2.45, 2.75) is 56.0 Å². The van der Waals surface area contributed by atoms with E-state index in [2.05, 4.69) is 15.8 Å². The second-order valence-electron chi connectivity index (χ2n) is 13.7. The van der Waals surface area contributed by atoms with Gasteiger partial charge in [0.25, 0.3) is 5.91 Å². The number of anilines is 1. The van der Waals surface area contributed by atoms with Crippen LogP contribution in [-0.4, -0.2) is 82.4 Å². The number of rotatable bonds is 16. The summed E-state index contributed by atoms with van der Waals surface area (Å²) in [7, 11) is 0. The third-order valence-corrected chi connectivity index (χ3v) is 11.6. The molecule has 17 heteroatoms.